The Hall–Kier alpha value is -0.705. The summed E-state index contributed by atoms with van der Waals surface area (Å²) in [5.74, 6) is 0. The van der Waals surface area contributed by atoms with Gasteiger partial charge in [0, 0.05) is 5.46 Å². The molecule has 2 N–H and O–H groups in total. The third-order valence-electron chi connectivity index (χ3n) is 3.81. The van der Waals surface area contributed by atoms with E-state index in [2.05, 4.69) is 0 Å². The Kier molecular flexibility index (Phi) is 3.17. The number of rotatable bonds is 1. The Morgan fingerprint density at radius 2 is 1.61 bits per heavy atom. The monoisotopic (exact) mass is 267 g/mol. The molecule has 2 rings (SSSR count). The Labute approximate surface area is 114 Å². The summed E-state index contributed by atoms with van der Waals surface area (Å²) in [6, 6.07) is 3.80. The third kappa shape index (κ3) is 2.13. The summed E-state index contributed by atoms with van der Waals surface area (Å²) in [4.78, 5) is 0. The van der Waals surface area contributed by atoms with Crippen LogP contribution in [0.2, 0.25) is 5.02 Å². The van der Waals surface area contributed by atoms with Crippen LogP contribution in [0.25, 0.3) is 0 Å². The largest absolute Gasteiger partial charge is 0.497 e. The molecule has 1 heterocycles. The maximum Gasteiger partial charge on any atom is 0.497 e. The summed E-state index contributed by atoms with van der Waals surface area (Å²) < 4.78 is 12.0. The van der Waals surface area contributed by atoms with Gasteiger partial charge in [-0.1, -0.05) is 17.7 Å². The van der Waals surface area contributed by atoms with Crippen LogP contribution in [0.1, 0.15) is 33.3 Å². The first-order valence-electron chi connectivity index (χ1n) is 6.05. The van der Waals surface area contributed by atoms with E-state index in [1.165, 1.54) is 0 Å². The van der Waals surface area contributed by atoms with E-state index >= 15 is 0 Å². The first-order valence-corrected chi connectivity index (χ1v) is 6.43. The lowest BCUT2D eigenvalue weighted by atomic mass is 9.77. The molecular weight excluding hydrogens is 248 g/mol. The van der Waals surface area contributed by atoms with Crippen molar-refractivity contribution >= 4 is 29.9 Å². The maximum atomic E-state index is 6.10. The van der Waals surface area contributed by atoms with Gasteiger partial charge in [0.05, 0.1) is 21.9 Å². The molecule has 3 nitrogen and oxygen atoms in total. The van der Waals surface area contributed by atoms with Crippen molar-refractivity contribution in [3.8, 4) is 0 Å². The van der Waals surface area contributed by atoms with Gasteiger partial charge in [0.2, 0.25) is 0 Å². The van der Waals surface area contributed by atoms with E-state index in [1.807, 2.05) is 46.8 Å². The summed E-state index contributed by atoms with van der Waals surface area (Å²) in [6.45, 7) is 10.0. The summed E-state index contributed by atoms with van der Waals surface area (Å²) in [5.41, 5.74) is 7.64. The molecule has 0 spiro atoms. The van der Waals surface area contributed by atoms with Crippen molar-refractivity contribution in [1.82, 2.24) is 0 Å². The molecule has 1 saturated heterocycles. The van der Waals surface area contributed by atoms with Crippen LogP contribution < -0.4 is 11.2 Å². The van der Waals surface area contributed by atoms with Crippen molar-refractivity contribution in [3.63, 3.8) is 0 Å². The molecule has 1 aromatic rings. The van der Waals surface area contributed by atoms with E-state index < -0.39 is 7.12 Å². The second-order valence-electron chi connectivity index (χ2n) is 5.84. The summed E-state index contributed by atoms with van der Waals surface area (Å²) in [5, 5.41) is 0.541. The average molecular weight is 268 g/mol. The lowest BCUT2D eigenvalue weighted by Gasteiger charge is -2.32. The van der Waals surface area contributed by atoms with Crippen molar-refractivity contribution < 1.29 is 9.31 Å². The number of anilines is 1. The Morgan fingerprint density at radius 1 is 1.11 bits per heavy atom. The fourth-order valence-corrected chi connectivity index (χ4v) is 2.23. The van der Waals surface area contributed by atoms with Crippen LogP contribution in [-0.2, 0) is 9.31 Å². The van der Waals surface area contributed by atoms with Crippen LogP contribution in [0.15, 0.2) is 12.1 Å². The molecule has 0 bridgehead atoms. The predicted molar refractivity (Wildman–Crippen MR) is 76.3 cm³/mol. The molecule has 18 heavy (non-hydrogen) atoms. The van der Waals surface area contributed by atoms with Gasteiger partial charge in [0.1, 0.15) is 0 Å². The smallest absolute Gasteiger partial charge is 0.399 e. The fraction of sp³-hybridized carbons (Fsp3) is 0.538. The first-order chi connectivity index (χ1) is 8.14. The zero-order valence-corrected chi connectivity index (χ0v) is 12.3. The highest BCUT2D eigenvalue weighted by atomic mass is 35.5. The highest BCUT2D eigenvalue weighted by Crippen LogP contribution is 2.37. The van der Waals surface area contributed by atoms with Gasteiger partial charge in [0.25, 0.3) is 0 Å². The molecule has 0 unspecified atom stereocenters. The van der Waals surface area contributed by atoms with Gasteiger partial charge < -0.3 is 15.0 Å². The molecule has 98 valence electrons. The fourth-order valence-electron chi connectivity index (χ4n) is 1.95. The van der Waals surface area contributed by atoms with Gasteiger partial charge in [-0.25, -0.2) is 0 Å². The first kappa shape index (κ1) is 13.7. The molecule has 1 aromatic carbocycles. The number of nitrogens with two attached hydrogens (primary N) is 1. The molecule has 0 aliphatic carbocycles. The molecule has 0 atom stereocenters. The van der Waals surface area contributed by atoms with E-state index in [0.717, 1.165) is 11.0 Å². The minimum Gasteiger partial charge on any atom is -0.399 e. The number of nitrogen functional groups attached to an aromatic ring is 1. The van der Waals surface area contributed by atoms with Crippen LogP contribution in [0.3, 0.4) is 0 Å². The molecule has 5 heteroatoms. The van der Waals surface area contributed by atoms with E-state index in [1.54, 1.807) is 0 Å². The van der Waals surface area contributed by atoms with Crippen LogP contribution in [0.5, 0.6) is 0 Å². The minimum atomic E-state index is -0.465. The Balaban J connectivity index is 2.41. The van der Waals surface area contributed by atoms with Gasteiger partial charge in [-0.3, -0.25) is 0 Å². The SMILES string of the molecule is Cc1cc(Cl)c(N)c(B2OC(C)(C)C(C)(C)O2)c1. The van der Waals surface area contributed by atoms with Crippen LogP contribution in [-0.4, -0.2) is 18.3 Å². The van der Waals surface area contributed by atoms with Crippen LogP contribution >= 0.6 is 11.6 Å². The van der Waals surface area contributed by atoms with E-state index in [-0.39, 0.29) is 11.2 Å². The lowest BCUT2D eigenvalue weighted by molar-refractivity contribution is 0.00578. The minimum absolute atomic E-state index is 0.375. The number of aryl methyl sites for hydroxylation is 1. The Bertz CT molecular complexity index is 472. The highest BCUT2D eigenvalue weighted by Gasteiger charge is 2.52. The van der Waals surface area contributed by atoms with E-state index in [0.29, 0.717) is 10.7 Å². The number of benzene rings is 1. The number of hydrogen-bond acceptors (Lipinski definition) is 3. The maximum absolute atomic E-state index is 6.10. The predicted octanol–water partition coefficient (Wildman–Crippen LogP) is 2.53. The van der Waals surface area contributed by atoms with Crippen LogP contribution in [0.4, 0.5) is 5.69 Å². The second kappa shape index (κ2) is 4.15. The summed E-state index contributed by atoms with van der Waals surface area (Å²) in [6.07, 6.45) is 0. The number of halogens is 1. The molecule has 0 amide bonds. The quantitative estimate of drug-likeness (QED) is 0.628. The van der Waals surface area contributed by atoms with Crippen molar-refractivity contribution in [2.24, 2.45) is 0 Å². The van der Waals surface area contributed by atoms with Crippen LogP contribution in [0, 0.1) is 6.92 Å². The Morgan fingerprint density at radius 3 is 2.11 bits per heavy atom. The normalized spacial score (nSPS) is 21.3. The zero-order chi connectivity index (χ0) is 13.7. The second-order valence-corrected chi connectivity index (χ2v) is 6.25. The summed E-state index contributed by atoms with van der Waals surface area (Å²) in [7, 11) is -0.465. The molecule has 1 fully saturated rings. The zero-order valence-electron chi connectivity index (χ0n) is 11.5. The average Bonchev–Trinajstić information content (AvgIpc) is 2.42. The van der Waals surface area contributed by atoms with Crippen molar-refractivity contribution in [2.75, 3.05) is 5.73 Å². The third-order valence-corrected chi connectivity index (χ3v) is 4.13. The van der Waals surface area contributed by atoms with Crippen molar-refractivity contribution in [3.05, 3.63) is 22.7 Å². The molecule has 0 aromatic heterocycles. The number of hydrogen-bond donors (Lipinski definition) is 1. The molecule has 1 aliphatic rings. The molecule has 0 saturated carbocycles. The molecule has 1 aliphatic heterocycles. The van der Waals surface area contributed by atoms with E-state index in [9.17, 15) is 0 Å². The van der Waals surface area contributed by atoms with Gasteiger partial charge in [-0.15, -0.1) is 0 Å². The lowest BCUT2D eigenvalue weighted by Crippen LogP contribution is -2.41. The highest BCUT2D eigenvalue weighted by molar-refractivity contribution is 6.64. The topological polar surface area (TPSA) is 44.5 Å². The van der Waals surface area contributed by atoms with Crippen molar-refractivity contribution in [2.45, 2.75) is 45.8 Å². The van der Waals surface area contributed by atoms with Gasteiger partial charge >= 0.3 is 7.12 Å². The van der Waals surface area contributed by atoms with E-state index in [4.69, 9.17) is 26.6 Å². The molecule has 0 radical (unpaired) electrons. The standard InChI is InChI=1S/C13H19BClNO2/c1-8-6-9(11(16)10(15)7-8)14-17-12(2,3)13(4,5)18-14/h6-7H,16H2,1-5H3. The molecular formula is C13H19BClNO2. The summed E-state index contributed by atoms with van der Waals surface area (Å²) >= 11 is 6.10. The van der Waals surface area contributed by atoms with Crippen molar-refractivity contribution in [1.29, 1.82) is 0 Å². The van der Waals surface area contributed by atoms with Gasteiger partial charge in [-0.05, 0) is 46.2 Å². The van der Waals surface area contributed by atoms with Gasteiger partial charge in [0.15, 0.2) is 0 Å². The van der Waals surface area contributed by atoms with Gasteiger partial charge in [-0.2, -0.15) is 0 Å².